The third-order valence-corrected chi connectivity index (χ3v) is 8.26. The van der Waals surface area contributed by atoms with Gasteiger partial charge in [0.15, 0.2) is 0 Å². The summed E-state index contributed by atoms with van der Waals surface area (Å²) in [4.78, 5) is 10.5. The average molecular weight is 514 g/mol. The number of hydrogen-bond acceptors (Lipinski definition) is 3. The van der Waals surface area contributed by atoms with Crippen molar-refractivity contribution in [3.05, 3.63) is 120 Å². The summed E-state index contributed by atoms with van der Waals surface area (Å²) in [7, 11) is 0. The zero-order valence-corrected chi connectivity index (χ0v) is 21.6. The smallest absolute Gasteiger partial charge is 0.235 e. The van der Waals surface area contributed by atoms with Crippen molar-refractivity contribution in [3.63, 3.8) is 0 Å². The minimum atomic E-state index is 0.688. The molecule has 0 amide bonds. The van der Waals surface area contributed by atoms with Crippen LogP contribution in [0.3, 0.4) is 0 Å². The highest BCUT2D eigenvalue weighted by atomic mass is 16.3. The van der Waals surface area contributed by atoms with Gasteiger partial charge in [-0.1, -0.05) is 97.1 Å². The van der Waals surface area contributed by atoms with Crippen molar-refractivity contribution in [2.45, 2.75) is 12.8 Å². The van der Waals surface area contributed by atoms with E-state index in [4.69, 9.17) is 14.4 Å². The molecule has 4 heteroatoms. The molecule has 1 aliphatic carbocycles. The van der Waals surface area contributed by atoms with Crippen LogP contribution in [0.5, 0.6) is 0 Å². The number of rotatable bonds is 2. The van der Waals surface area contributed by atoms with Gasteiger partial charge in [0.2, 0.25) is 5.95 Å². The van der Waals surface area contributed by atoms with E-state index in [1.54, 1.807) is 0 Å². The quantitative estimate of drug-likeness (QED) is 0.231. The summed E-state index contributed by atoms with van der Waals surface area (Å²) in [6.45, 7) is 0. The summed E-state index contributed by atoms with van der Waals surface area (Å²) >= 11 is 0. The van der Waals surface area contributed by atoms with Crippen LogP contribution in [0.1, 0.15) is 17.5 Å². The van der Waals surface area contributed by atoms with E-state index in [9.17, 15) is 0 Å². The maximum absolute atomic E-state index is 6.57. The van der Waals surface area contributed by atoms with E-state index in [1.165, 1.54) is 21.9 Å². The third-order valence-electron chi connectivity index (χ3n) is 8.26. The maximum Gasteiger partial charge on any atom is 0.235 e. The number of fused-ring (bicyclic) bond motifs is 11. The number of nitrogens with zero attached hydrogens (tertiary/aromatic N) is 3. The van der Waals surface area contributed by atoms with Crippen LogP contribution in [0.4, 0.5) is 0 Å². The summed E-state index contributed by atoms with van der Waals surface area (Å²) in [5.74, 6) is 0.688. The first kappa shape index (κ1) is 21.7. The molecule has 40 heavy (non-hydrogen) atoms. The molecule has 9 rings (SSSR count). The van der Waals surface area contributed by atoms with Gasteiger partial charge < -0.3 is 4.42 Å². The lowest BCUT2D eigenvalue weighted by Crippen LogP contribution is -2.06. The normalized spacial score (nSPS) is 13.2. The minimum absolute atomic E-state index is 0.688. The second kappa shape index (κ2) is 8.14. The summed E-state index contributed by atoms with van der Waals surface area (Å²) < 4.78 is 8.86. The molecule has 0 saturated heterocycles. The monoisotopic (exact) mass is 513 g/mol. The van der Waals surface area contributed by atoms with E-state index >= 15 is 0 Å². The van der Waals surface area contributed by atoms with Crippen molar-refractivity contribution in [2.75, 3.05) is 0 Å². The van der Waals surface area contributed by atoms with E-state index in [2.05, 4.69) is 102 Å². The Morgan fingerprint density at radius 2 is 1.43 bits per heavy atom. The largest absolute Gasteiger partial charge is 0.455 e. The van der Waals surface area contributed by atoms with Gasteiger partial charge in [0.25, 0.3) is 0 Å². The van der Waals surface area contributed by atoms with E-state index in [-0.39, 0.29) is 0 Å². The predicted octanol–water partition coefficient (Wildman–Crippen LogP) is 9.25. The Morgan fingerprint density at radius 1 is 0.675 bits per heavy atom. The fraction of sp³-hybridized carbons (Fsp3) is 0.0556. The Kier molecular flexibility index (Phi) is 4.41. The maximum atomic E-state index is 6.57. The zero-order chi connectivity index (χ0) is 26.2. The summed E-state index contributed by atoms with van der Waals surface area (Å²) in [6.07, 6.45) is 6.42. The topological polar surface area (TPSA) is 43.9 Å². The van der Waals surface area contributed by atoms with E-state index in [0.29, 0.717) is 5.95 Å². The van der Waals surface area contributed by atoms with Crippen LogP contribution in [0.2, 0.25) is 0 Å². The first-order valence-corrected chi connectivity index (χ1v) is 13.8. The van der Waals surface area contributed by atoms with Gasteiger partial charge in [0.1, 0.15) is 11.2 Å². The Bertz CT molecular complexity index is 2320. The molecular formula is C36H23N3O. The number of para-hydroxylation sites is 3. The van der Waals surface area contributed by atoms with E-state index in [0.717, 1.165) is 68.0 Å². The Labute approximate surface area is 229 Å². The molecule has 188 valence electrons. The molecule has 0 saturated carbocycles. The molecule has 5 aromatic carbocycles. The van der Waals surface area contributed by atoms with Crippen LogP contribution in [0, 0.1) is 0 Å². The van der Waals surface area contributed by atoms with Crippen molar-refractivity contribution in [1.82, 2.24) is 14.5 Å². The zero-order valence-electron chi connectivity index (χ0n) is 21.6. The van der Waals surface area contributed by atoms with Crippen LogP contribution in [-0.2, 0) is 6.42 Å². The van der Waals surface area contributed by atoms with Gasteiger partial charge in [-0.05, 0) is 36.6 Å². The molecule has 0 bridgehead atoms. The van der Waals surface area contributed by atoms with Gasteiger partial charge in [-0.2, -0.15) is 0 Å². The molecule has 0 fully saturated rings. The molecule has 3 heterocycles. The molecule has 8 aromatic rings. The molecular weight excluding hydrogens is 490 g/mol. The highest BCUT2D eigenvalue weighted by Crippen LogP contribution is 2.46. The van der Waals surface area contributed by atoms with Gasteiger partial charge in [0.05, 0.1) is 22.2 Å². The van der Waals surface area contributed by atoms with Crippen LogP contribution in [0.25, 0.3) is 77.9 Å². The lowest BCUT2D eigenvalue weighted by molar-refractivity contribution is 0.667. The number of aryl methyl sites for hydroxylation is 1. The molecule has 0 spiro atoms. The lowest BCUT2D eigenvalue weighted by atomic mass is 9.91. The van der Waals surface area contributed by atoms with Gasteiger partial charge in [0, 0.05) is 38.1 Å². The molecule has 3 aromatic heterocycles. The van der Waals surface area contributed by atoms with E-state index in [1.807, 2.05) is 18.2 Å². The fourth-order valence-electron chi connectivity index (χ4n) is 6.57. The summed E-state index contributed by atoms with van der Waals surface area (Å²) in [6, 6.07) is 35.7. The van der Waals surface area contributed by atoms with Crippen molar-refractivity contribution < 1.29 is 4.42 Å². The van der Waals surface area contributed by atoms with Crippen LogP contribution in [-0.4, -0.2) is 14.5 Å². The molecule has 0 N–H and O–H groups in total. The van der Waals surface area contributed by atoms with Crippen molar-refractivity contribution in [2.24, 2.45) is 0 Å². The average Bonchev–Trinajstić information content (AvgIpc) is 3.58. The molecule has 0 aliphatic heterocycles. The van der Waals surface area contributed by atoms with Gasteiger partial charge in [-0.25, -0.2) is 9.97 Å². The first-order valence-electron chi connectivity index (χ1n) is 13.8. The summed E-state index contributed by atoms with van der Waals surface area (Å²) in [5, 5.41) is 5.74. The minimum Gasteiger partial charge on any atom is -0.455 e. The second-order valence-corrected chi connectivity index (χ2v) is 10.5. The number of aromatic nitrogens is 3. The number of benzene rings is 5. The van der Waals surface area contributed by atoms with Crippen LogP contribution >= 0.6 is 0 Å². The highest BCUT2D eigenvalue weighted by Gasteiger charge is 2.27. The molecule has 0 radical (unpaired) electrons. The Hall–Kier alpha value is -5.22. The Morgan fingerprint density at radius 3 is 2.33 bits per heavy atom. The molecule has 0 unspecified atom stereocenters. The first-order chi connectivity index (χ1) is 19.9. The third kappa shape index (κ3) is 2.90. The van der Waals surface area contributed by atoms with E-state index < -0.39 is 0 Å². The lowest BCUT2D eigenvalue weighted by Gasteiger charge is -2.16. The van der Waals surface area contributed by atoms with Crippen LogP contribution < -0.4 is 0 Å². The summed E-state index contributed by atoms with van der Waals surface area (Å²) in [5.41, 5.74) is 9.56. The predicted molar refractivity (Wildman–Crippen MR) is 164 cm³/mol. The number of hydrogen-bond donors (Lipinski definition) is 0. The molecule has 1 aliphatic rings. The van der Waals surface area contributed by atoms with Crippen molar-refractivity contribution >= 4 is 60.7 Å². The fourth-order valence-corrected chi connectivity index (χ4v) is 6.57. The van der Waals surface area contributed by atoms with Crippen molar-refractivity contribution in [3.8, 4) is 17.2 Å². The molecule has 4 nitrogen and oxygen atoms in total. The van der Waals surface area contributed by atoms with Gasteiger partial charge in [-0.15, -0.1) is 0 Å². The SMILES string of the molecule is C1=Cc2c(c3c(c4ccccc4n3-c3nc(-c4ccccc4)c4ccccc4n3)c3c2oc2ccccc23)CC1. The Balaban J connectivity index is 1.52. The van der Waals surface area contributed by atoms with Gasteiger partial charge in [-0.3, -0.25) is 4.57 Å². The standard InChI is InChI=1S/C36H23N3O/c1-2-12-22(13-3-1)33-25-16-6-9-19-28(25)37-36(38-33)39-29-20-10-7-17-26(29)31-32-27-18-8-11-21-30(27)40-35(32)24-15-5-4-14-23(24)34(31)39/h1-3,5-13,15-21H,4,14H2. The van der Waals surface area contributed by atoms with Crippen molar-refractivity contribution in [1.29, 1.82) is 0 Å². The molecule has 0 atom stereocenters. The highest BCUT2D eigenvalue weighted by molar-refractivity contribution is 6.29. The number of furan rings is 1. The van der Waals surface area contributed by atoms with Crippen LogP contribution in [0.15, 0.2) is 114 Å². The second-order valence-electron chi connectivity index (χ2n) is 10.5. The van der Waals surface area contributed by atoms with Gasteiger partial charge >= 0.3 is 0 Å². The number of allylic oxidation sites excluding steroid dienone is 1.